The van der Waals surface area contributed by atoms with Crippen molar-refractivity contribution in [2.75, 3.05) is 13.1 Å². The number of benzene rings is 1. The number of aromatic nitrogens is 1. The molecule has 0 saturated carbocycles. The molecular weight excluding hydrogens is 716 g/mol. The van der Waals surface area contributed by atoms with Crippen LogP contribution in [0.4, 0.5) is 0 Å². The number of likely N-dealkylation sites (tertiary alicyclic amines) is 2. The summed E-state index contributed by atoms with van der Waals surface area (Å²) in [5, 5.41) is 27.9. The Morgan fingerprint density at radius 1 is 0.818 bits per heavy atom. The Morgan fingerprint density at radius 2 is 1.42 bits per heavy atom. The van der Waals surface area contributed by atoms with Crippen LogP contribution in [0.5, 0.6) is 0 Å². The molecule has 0 aliphatic carbocycles. The lowest BCUT2D eigenvalue weighted by Gasteiger charge is -2.31. The maximum Gasteiger partial charge on any atom is 0.326 e. The van der Waals surface area contributed by atoms with Crippen molar-refractivity contribution >= 4 is 58.3 Å². The second-order valence-corrected chi connectivity index (χ2v) is 14.6. The van der Waals surface area contributed by atoms with Crippen molar-refractivity contribution in [3.63, 3.8) is 0 Å². The second kappa shape index (κ2) is 19.2. The number of primary amides is 1. The summed E-state index contributed by atoms with van der Waals surface area (Å²) in [4.78, 5) is 109. The van der Waals surface area contributed by atoms with E-state index >= 15 is 0 Å². The number of amides is 6. The highest BCUT2D eigenvalue weighted by molar-refractivity contribution is 5.97. The number of carboxylic acids is 2. The molecule has 3 heterocycles. The molecule has 6 amide bonds. The van der Waals surface area contributed by atoms with Crippen molar-refractivity contribution in [1.82, 2.24) is 30.7 Å². The maximum absolute atomic E-state index is 14.2. The lowest BCUT2D eigenvalue weighted by Crippen LogP contribution is -2.59. The number of carbonyl (C=O) groups is 8. The van der Waals surface area contributed by atoms with Gasteiger partial charge in [0.25, 0.3) is 0 Å². The van der Waals surface area contributed by atoms with Gasteiger partial charge in [-0.15, -0.1) is 0 Å². The SMILES string of the molecule is CC(C)CC(NC(=O)C1CCCN1C(=O)C(CCC(=O)O)NC(=O)C(Cc1c[nH]c2ccccc12)NC(=O)C1CCCN1C(=O)C(N)CCC(N)=O)C(=O)O. The highest BCUT2D eigenvalue weighted by Gasteiger charge is 2.41. The molecular formula is C37H52N8O10. The molecule has 2 aliphatic heterocycles. The quantitative estimate of drug-likeness (QED) is 0.0921. The Bertz CT molecular complexity index is 1760. The predicted molar refractivity (Wildman–Crippen MR) is 198 cm³/mol. The molecule has 10 N–H and O–H groups in total. The van der Waals surface area contributed by atoms with Crippen LogP contribution in [0.3, 0.4) is 0 Å². The van der Waals surface area contributed by atoms with Crippen LogP contribution < -0.4 is 27.4 Å². The highest BCUT2D eigenvalue weighted by Crippen LogP contribution is 2.24. The largest absolute Gasteiger partial charge is 0.481 e. The highest BCUT2D eigenvalue weighted by atomic mass is 16.4. The average Bonchev–Trinajstić information content (AvgIpc) is 3.91. The van der Waals surface area contributed by atoms with E-state index in [1.807, 2.05) is 38.1 Å². The first-order valence-electron chi connectivity index (χ1n) is 18.6. The van der Waals surface area contributed by atoms with E-state index in [-0.39, 0.29) is 64.0 Å². The zero-order valence-corrected chi connectivity index (χ0v) is 31.1. The molecule has 0 spiro atoms. The second-order valence-electron chi connectivity index (χ2n) is 14.6. The number of hydrogen-bond donors (Lipinski definition) is 8. The van der Waals surface area contributed by atoms with Crippen molar-refractivity contribution in [1.29, 1.82) is 0 Å². The fourth-order valence-corrected chi connectivity index (χ4v) is 7.20. The zero-order valence-electron chi connectivity index (χ0n) is 31.1. The number of nitrogens with two attached hydrogens (primary N) is 2. The molecule has 1 aromatic heterocycles. The molecule has 0 radical (unpaired) electrons. The third kappa shape index (κ3) is 11.3. The number of aliphatic carboxylic acids is 2. The van der Waals surface area contributed by atoms with E-state index in [0.29, 0.717) is 18.4 Å². The maximum atomic E-state index is 14.2. The standard InChI is InChI=1S/C37H52N8O10/c1-20(2)17-27(37(54)55)43-34(51)29-10-6-16-45(29)36(53)25(12-14-31(47)48)41-32(49)26(18-21-19-40-24-8-4-3-7-22(21)24)42-33(50)28-9-5-15-44(28)35(52)23(38)11-13-30(39)46/h3-4,7-8,19-20,23,25-29,40H,5-6,9-18,38H2,1-2H3,(H2,39,46)(H,41,49)(H,42,50)(H,43,51)(H,47,48)(H,54,55). The van der Waals surface area contributed by atoms with Crippen molar-refractivity contribution in [3.05, 3.63) is 36.0 Å². The molecule has 18 heteroatoms. The molecule has 55 heavy (non-hydrogen) atoms. The van der Waals surface area contributed by atoms with Crippen molar-refractivity contribution < 1.29 is 48.6 Å². The first kappa shape index (κ1) is 42.2. The number of hydrogen-bond acceptors (Lipinski definition) is 9. The number of para-hydroxylation sites is 1. The normalized spacial score (nSPS) is 19.1. The predicted octanol–water partition coefficient (Wildman–Crippen LogP) is -0.265. The number of carboxylic acid groups (broad SMARTS) is 2. The molecule has 0 bridgehead atoms. The van der Waals surface area contributed by atoms with E-state index in [9.17, 15) is 48.6 Å². The molecule has 300 valence electrons. The van der Waals surface area contributed by atoms with Gasteiger partial charge in [0.2, 0.25) is 35.4 Å². The lowest BCUT2D eigenvalue weighted by molar-refractivity contribution is -0.145. The molecule has 2 fully saturated rings. The summed E-state index contributed by atoms with van der Waals surface area (Å²) in [6.45, 7) is 3.96. The van der Waals surface area contributed by atoms with E-state index in [1.165, 1.54) is 9.80 Å². The molecule has 2 aliphatic rings. The summed E-state index contributed by atoms with van der Waals surface area (Å²) in [5.74, 6) is -6.51. The Morgan fingerprint density at radius 3 is 2.00 bits per heavy atom. The summed E-state index contributed by atoms with van der Waals surface area (Å²) < 4.78 is 0. The van der Waals surface area contributed by atoms with Crippen LogP contribution in [0, 0.1) is 5.92 Å². The van der Waals surface area contributed by atoms with Crippen LogP contribution in [0.25, 0.3) is 10.9 Å². The smallest absolute Gasteiger partial charge is 0.326 e. The number of nitrogens with one attached hydrogen (secondary N) is 4. The van der Waals surface area contributed by atoms with Crippen LogP contribution in [-0.4, -0.2) is 122 Å². The molecule has 2 saturated heterocycles. The number of fused-ring (bicyclic) bond motifs is 1. The molecule has 4 rings (SSSR count). The van der Waals surface area contributed by atoms with Crippen LogP contribution in [-0.2, 0) is 44.8 Å². The summed E-state index contributed by atoms with van der Waals surface area (Å²) in [6.07, 6.45) is 2.23. The van der Waals surface area contributed by atoms with E-state index < -0.39 is 90.1 Å². The van der Waals surface area contributed by atoms with Gasteiger partial charge in [0, 0.05) is 49.5 Å². The molecule has 18 nitrogen and oxygen atoms in total. The van der Waals surface area contributed by atoms with Gasteiger partial charge < -0.3 is 52.4 Å². The van der Waals surface area contributed by atoms with Crippen LogP contribution >= 0.6 is 0 Å². The van der Waals surface area contributed by atoms with Gasteiger partial charge in [0.15, 0.2) is 0 Å². The van der Waals surface area contributed by atoms with Gasteiger partial charge in [-0.05, 0) is 62.5 Å². The Hall–Kier alpha value is -5.52. The van der Waals surface area contributed by atoms with Crippen molar-refractivity contribution in [3.8, 4) is 0 Å². The molecule has 1 aromatic carbocycles. The first-order chi connectivity index (χ1) is 26.1. The third-order valence-corrected chi connectivity index (χ3v) is 10.0. The number of carbonyl (C=O) groups excluding carboxylic acids is 6. The van der Waals surface area contributed by atoms with Gasteiger partial charge >= 0.3 is 11.9 Å². The van der Waals surface area contributed by atoms with Gasteiger partial charge in [-0.25, -0.2) is 4.79 Å². The zero-order chi connectivity index (χ0) is 40.4. The van der Waals surface area contributed by atoms with Crippen molar-refractivity contribution in [2.24, 2.45) is 17.4 Å². The fraction of sp³-hybridized carbons (Fsp3) is 0.568. The minimum absolute atomic E-state index is 0.00597. The summed E-state index contributed by atoms with van der Waals surface area (Å²) in [7, 11) is 0. The minimum atomic E-state index is -1.42. The summed E-state index contributed by atoms with van der Waals surface area (Å²) in [6, 6.07) is 0.282. The minimum Gasteiger partial charge on any atom is -0.481 e. The lowest BCUT2D eigenvalue weighted by atomic mass is 10.0. The first-order valence-corrected chi connectivity index (χ1v) is 18.6. The van der Waals surface area contributed by atoms with Crippen LogP contribution in [0.15, 0.2) is 30.5 Å². The van der Waals surface area contributed by atoms with Crippen molar-refractivity contribution in [2.45, 2.75) is 114 Å². The van der Waals surface area contributed by atoms with E-state index in [1.54, 1.807) is 6.20 Å². The van der Waals surface area contributed by atoms with E-state index in [4.69, 9.17) is 11.5 Å². The number of aromatic amines is 1. The average molecular weight is 769 g/mol. The summed E-state index contributed by atoms with van der Waals surface area (Å²) >= 11 is 0. The number of H-pyrrole nitrogens is 1. The van der Waals surface area contributed by atoms with Crippen LogP contribution in [0.1, 0.15) is 77.2 Å². The molecule has 2 aromatic rings. The van der Waals surface area contributed by atoms with Gasteiger partial charge in [-0.3, -0.25) is 33.6 Å². The molecule has 6 atom stereocenters. The van der Waals surface area contributed by atoms with Gasteiger partial charge in [0.1, 0.15) is 30.2 Å². The van der Waals surface area contributed by atoms with E-state index in [0.717, 1.165) is 10.9 Å². The molecule has 6 unspecified atom stereocenters. The fourth-order valence-electron chi connectivity index (χ4n) is 7.20. The Kier molecular flexibility index (Phi) is 14.7. The Labute approximate surface area is 318 Å². The van der Waals surface area contributed by atoms with Crippen LogP contribution in [0.2, 0.25) is 0 Å². The van der Waals surface area contributed by atoms with Gasteiger partial charge in [0.05, 0.1) is 6.04 Å². The van der Waals surface area contributed by atoms with E-state index in [2.05, 4.69) is 20.9 Å². The summed E-state index contributed by atoms with van der Waals surface area (Å²) in [5.41, 5.74) is 12.7. The van der Waals surface area contributed by atoms with Gasteiger partial charge in [-0.2, -0.15) is 0 Å². The Balaban J connectivity index is 1.58. The van der Waals surface area contributed by atoms with Gasteiger partial charge in [-0.1, -0.05) is 32.0 Å². The monoisotopic (exact) mass is 768 g/mol. The number of nitrogens with zero attached hydrogens (tertiary/aromatic N) is 2. The third-order valence-electron chi connectivity index (χ3n) is 10.0. The topological polar surface area (TPSA) is 287 Å². The number of rotatable bonds is 19.